The lowest BCUT2D eigenvalue weighted by atomic mass is 9.92. The molecule has 0 unspecified atom stereocenters. The van der Waals surface area contributed by atoms with Crippen LogP contribution in [0.3, 0.4) is 0 Å². The molecule has 1 N–H and O–H groups in total. The highest BCUT2D eigenvalue weighted by molar-refractivity contribution is 6.11. The molecule has 1 fully saturated rings. The number of nitrogens with zero attached hydrogens (tertiary/aromatic N) is 1. The molecular weight excluding hydrogens is 304 g/mol. The first kappa shape index (κ1) is 18.2. The van der Waals surface area contributed by atoms with Crippen molar-refractivity contribution < 1.29 is 14.4 Å². The van der Waals surface area contributed by atoms with Crippen LogP contribution in [0.25, 0.3) is 0 Å². The zero-order valence-electron chi connectivity index (χ0n) is 15.1. The van der Waals surface area contributed by atoms with Crippen molar-refractivity contribution in [3.63, 3.8) is 0 Å². The van der Waals surface area contributed by atoms with E-state index in [1.807, 2.05) is 19.9 Å². The number of benzene rings is 1. The maximum absolute atomic E-state index is 12.6. The number of Topliss-reactive ketones (excluding diaryl/α,β-unsaturated/α-hetero) is 1. The second kappa shape index (κ2) is 6.75. The summed E-state index contributed by atoms with van der Waals surface area (Å²) in [6, 6.07) is 4.93. The van der Waals surface area contributed by atoms with Gasteiger partial charge in [0.2, 0.25) is 0 Å². The summed E-state index contributed by atoms with van der Waals surface area (Å²) in [7, 11) is 0. The molecule has 0 saturated carbocycles. The van der Waals surface area contributed by atoms with Gasteiger partial charge in [0.1, 0.15) is 5.54 Å². The van der Waals surface area contributed by atoms with E-state index < -0.39 is 11.6 Å². The highest BCUT2D eigenvalue weighted by Gasteiger charge is 2.47. The van der Waals surface area contributed by atoms with E-state index in [2.05, 4.69) is 19.2 Å². The van der Waals surface area contributed by atoms with E-state index in [0.717, 1.165) is 22.4 Å². The number of carbonyl (C=O) groups excluding carboxylic acids is 3. The highest BCUT2D eigenvalue weighted by Crippen LogP contribution is 2.25. The summed E-state index contributed by atoms with van der Waals surface area (Å²) in [5.74, 6) is -0.0993. The third kappa shape index (κ3) is 3.66. The summed E-state index contributed by atoms with van der Waals surface area (Å²) < 4.78 is 0. The van der Waals surface area contributed by atoms with Crippen molar-refractivity contribution in [2.75, 3.05) is 6.54 Å². The first-order valence-corrected chi connectivity index (χ1v) is 8.38. The first-order chi connectivity index (χ1) is 11.1. The fourth-order valence-corrected chi connectivity index (χ4v) is 2.79. The topological polar surface area (TPSA) is 66.5 Å². The van der Waals surface area contributed by atoms with Crippen LogP contribution in [0.1, 0.15) is 55.1 Å². The van der Waals surface area contributed by atoms with Gasteiger partial charge in [0, 0.05) is 5.56 Å². The fourth-order valence-electron chi connectivity index (χ4n) is 2.79. The molecule has 0 radical (unpaired) electrons. The minimum atomic E-state index is -0.912. The normalized spacial score (nSPS) is 20.7. The number of rotatable bonds is 6. The molecule has 130 valence electrons. The number of ketones is 1. The van der Waals surface area contributed by atoms with Crippen molar-refractivity contribution in [2.45, 2.75) is 53.0 Å². The minimum Gasteiger partial charge on any atom is -0.323 e. The van der Waals surface area contributed by atoms with E-state index in [9.17, 15) is 14.4 Å². The predicted molar refractivity (Wildman–Crippen MR) is 93.0 cm³/mol. The Balaban J connectivity index is 2.11. The Morgan fingerprint density at radius 1 is 1.21 bits per heavy atom. The van der Waals surface area contributed by atoms with Crippen molar-refractivity contribution in [3.8, 4) is 0 Å². The smallest absolute Gasteiger partial charge is 0.323 e. The average molecular weight is 330 g/mol. The SMILES string of the molecule is Cc1ccc(C(=O)CN2C(=O)N[C@](C)(CCC(C)C)C2=O)cc1C. The van der Waals surface area contributed by atoms with Crippen molar-refractivity contribution in [2.24, 2.45) is 5.92 Å². The van der Waals surface area contributed by atoms with Crippen molar-refractivity contribution in [1.29, 1.82) is 0 Å². The van der Waals surface area contributed by atoms with E-state index in [1.54, 1.807) is 19.1 Å². The Labute approximate surface area is 143 Å². The Morgan fingerprint density at radius 3 is 2.46 bits per heavy atom. The Hall–Kier alpha value is -2.17. The Morgan fingerprint density at radius 2 is 1.88 bits per heavy atom. The lowest BCUT2D eigenvalue weighted by Gasteiger charge is -2.22. The highest BCUT2D eigenvalue weighted by atomic mass is 16.2. The number of urea groups is 1. The summed E-state index contributed by atoms with van der Waals surface area (Å²) in [4.78, 5) is 38.3. The maximum Gasteiger partial charge on any atom is 0.325 e. The number of imide groups is 1. The Kier molecular flexibility index (Phi) is 5.11. The number of nitrogens with one attached hydrogen (secondary N) is 1. The molecule has 1 aromatic rings. The third-order valence-corrected chi connectivity index (χ3v) is 4.70. The van der Waals surface area contributed by atoms with E-state index in [4.69, 9.17) is 0 Å². The van der Waals surface area contributed by atoms with Gasteiger partial charge in [-0.15, -0.1) is 0 Å². The van der Waals surface area contributed by atoms with E-state index in [-0.39, 0.29) is 18.2 Å². The lowest BCUT2D eigenvalue weighted by molar-refractivity contribution is -0.130. The first-order valence-electron chi connectivity index (χ1n) is 8.38. The number of hydrogen-bond donors (Lipinski definition) is 1. The van der Waals surface area contributed by atoms with Gasteiger partial charge in [0.05, 0.1) is 6.54 Å². The molecule has 2 rings (SSSR count). The second-order valence-corrected chi connectivity index (χ2v) is 7.31. The van der Waals surface area contributed by atoms with Gasteiger partial charge in [-0.1, -0.05) is 26.0 Å². The van der Waals surface area contributed by atoms with Gasteiger partial charge < -0.3 is 5.32 Å². The summed E-state index contributed by atoms with van der Waals surface area (Å²) >= 11 is 0. The molecular formula is C19H26N2O3. The number of carbonyl (C=O) groups is 3. The van der Waals surface area contributed by atoms with Crippen LogP contribution < -0.4 is 5.32 Å². The molecule has 1 aliphatic rings. The molecule has 0 aromatic heterocycles. The van der Waals surface area contributed by atoms with Crippen molar-refractivity contribution >= 4 is 17.7 Å². The second-order valence-electron chi connectivity index (χ2n) is 7.31. The van der Waals surface area contributed by atoms with Gasteiger partial charge in [-0.25, -0.2) is 4.79 Å². The monoisotopic (exact) mass is 330 g/mol. The van der Waals surface area contributed by atoms with Gasteiger partial charge in [0.25, 0.3) is 5.91 Å². The minimum absolute atomic E-state index is 0.218. The van der Waals surface area contributed by atoms with E-state index >= 15 is 0 Å². The molecule has 1 aliphatic heterocycles. The van der Waals surface area contributed by atoms with Crippen molar-refractivity contribution in [1.82, 2.24) is 10.2 Å². The molecule has 1 saturated heterocycles. The standard InChI is InChI=1S/C19H26N2O3/c1-12(2)8-9-19(5)17(23)21(18(24)20-19)11-16(22)15-7-6-13(3)14(4)10-15/h6-7,10,12H,8-9,11H2,1-5H3,(H,20,24)/t19-/m1/s1. The third-order valence-electron chi connectivity index (χ3n) is 4.70. The summed E-state index contributed by atoms with van der Waals surface area (Å²) in [5, 5.41) is 2.75. The maximum atomic E-state index is 12.6. The largest absolute Gasteiger partial charge is 0.325 e. The molecule has 1 aromatic carbocycles. The molecule has 1 heterocycles. The van der Waals surface area contributed by atoms with Gasteiger partial charge in [-0.2, -0.15) is 0 Å². The lowest BCUT2D eigenvalue weighted by Crippen LogP contribution is -2.44. The zero-order chi connectivity index (χ0) is 18.1. The molecule has 0 bridgehead atoms. The molecule has 5 nitrogen and oxygen atoms in total. The molecule has 3 amide bonds. The van der Waals surface area contributed by atoms with E-state index in [1.165, 1.54) is 0 Å². The predicted octanol–water partition coefficient (Wildman–Crippen LogP) is 3.23. The van der Waals surface area contributed by atoms with Gasteiger partial charge in [0.15, 0.2) is 5.78 Å². The quantitative estimate of drug-likeness (QED) is 0.643. The van der Waals surface area contributed by atoms with Crippen molar-refractivity contribution in [3.05, 3.63) is 34.9 Å². The zero-order valence-corrected chi connectivity index (χ0v) is 15.1. The summed E-state index contributed by atoms with van der Waals surface area (Å²) in [6.45, 7) is 9.57. The molecule has 1 atom stereocenters. The van der Waals surface area contributed by atoms with Crippen LogP contribution in [0.5, 0.6) is 0 Å². The molecule has 24 heavy (non-hydrogen) atoms. The summed E-state index contributed by atoms with van der Waals surface area (Å²) in [5.41, 5.74) is 1.72. The fraction of sp³-hybridized carbons (Fsp3) is 0.526. The van der Waals surface area contributed by atoms with Gasteiger partial charge in [-0.3, -0.25) is 14.5 Å². The number of amides is 3. The van der Waals surface area contributed by atoms with Crippen LogP contribution in [0.2, 0.25) is 0 Å². The Bertz CT molecular complexity index is 681. The molecule has 0 aliphatic carbocycles. The van der Waals surface area contributed by atoms with Crippen LogP contribution in [0.15, 0.2) is 18.2 Å². The van der Waals surface area contributed by atoms with Gasteiger partial charge in [-0.05, 0) is 56.7 Å². The van der Waals surface area contributed by atoms with Crippen LogP contribution in [0.4, 0.5) is 4.79 Å². The van der Waals surface area contributed by atoms with Crippen LogP contribution in [-0.2, 0) is 4.79 Å². The molecule has 5 heteroatoms. The van der Waals surface area contributed by atoms with E-state index in [0.29, 0.717) is 17.9 Å². The average Bonchev–Trinajstić information content (AvgIpc) is 2.72. The molecule has 0 spiro atoms. The van der Waals surface area contributed by atoms with Crippen LogP contribution >= 0.6 is 0 Å². The summed E-state index contributed by atoms with van der Waals surface area (Å²) in [6.07, 6.45) is 1.41. The van der Waals surface area contributed by atoms with Crippen LogP contribution in [0, 0.1) is 19.8 Å². The number of aryl methyl sites for hydroxylation is 2. The van der Waals surface area contributed by atoms with Gasteiger partial charge >= 0.3 is 6.03 Å². The van der Waals surface area contributed by atoms with Crippen LogP contribution in [-0.4, -0.2) is 34.7 Å². The number of hydrogen-bond acceptors (Lipinski definition) is 3.